The molecule has 1 aliphatic carbocycles. The summed E-state index contributed by atoms with van der Waals surface area (Å²) in [5, 5.41) is 3.11. The highest BCUT2D eigenvalue weighted by molar-refractivity contribution is 8.01. The molecule has 0 saturated heterocycles. The van der Waals surface area contributed by atoms with Crippen molar-refractivity contribution in [1.29, 1.82) is 0 Å². The number of nitrogens with one attached hydrogen (secondary N) is 1. The number of nitrogens with zero attached hydrogens (tertiary/aromatic N) is 1. The zero-order valence-electron chi connectivity index (χ0n) is 14.1. The molecule has 2 aromatic rings. The van der Waals surface area contributed by atoms with Crippen molar-refractivity contribution in [2.45, 2.75) is 28.9 Å². The largest absolute Gasteiger partial charge is 0.337 e. The van der Waals surface area contributed by atoms with Gasteiger partial charge in [0.05, 0.1) is 0 Å². The van der Waals surface area contributed by atoms with E-state index in [1.165, 1.54) is 23.3 Å². The van der Waals surface area contributed by atoms with E-state index in [0.717, 1.165) is 19.5 Å². The fraction of sp³-hybridized carbons (Fsp3) is 0.350. The van der Waals surface area contributed by atoms with Crippen molar-refractivity contribution in [2.24, 2.45) is 0 Å². The van der Waals surface area contributed by atoms with E-state index in [2.05, 4.69) is 41.7 Å². The Labute approximate surface area is 148 Å². The molecule has 0 heterocycles. The SMILES string of the molecule is CN(CCc1ccccc1)C(=O)NCC1(Sc2ccccc2)CC1. The number of benzene rings is 2. The van der Waals surface area contributed by atoms with Crippen LogP contribution in [-0.4, -0.2) is 35.8 Å². The average Bonchev–Trinajstić information content (AvgIpc) is 3.39. The van der Waals surface area contributed by atoms with E-state index >= 15 is 0 Å². The minimum absolute atomic E-state index is 0.0193. The van der Waals surface area contributed by atoms with E-state index in [4.69, 9.17) is 0 Å². The summed E-state index contributed by atoms with van der Waals surface area (Å²) in [5.41, 5.74) is 1.26. The molecule has 126 valence electrons. The van der Waals surface area contributed by atoms with Crippen molar-refractivity contribution in [3.05, 3.63) is 66.2 Å². The number of likely N-dealkylation sites (N-methyl/N-ethyl adjacent to an activating group) is 1. The standard InChI is InChI=1S/C20H24N2OS/c1-22(15-12-17-8-4-2-5-9-17)19(23)21-16-20(13-14-20)24-18-10-6-3-7-11-18/h2-11H,12-16H2,1H3,(H,21,23). The molecule has 0 aliphatic heterocycles. The smallest absolute Gasteiger partial charge is 0.317 e. The summed E-state index contributed by atoms with van der Waals surface area (Å²) in [7, 11) is 1.86. The van der Waals surface area contributed by atoms with Crippen LogP contribution in [0.4, 0.5) is 4.79 Å². The first kappa shape index (κ1) is 16.9. The Balaban J connectivity index is 1.43. The third-order valence-corrected chi connectivity index (χ3v) is 5.87. The molecule has 0 unspecified atom stereocenters. The molecular weight excluding hydrogens is 316 g/mol. The van der Waals surface area contributed by atoms with E-state index in [-0.39, 0.29) is 10.8 Å². The Morgan fingerprint density at radius 3 is 2.33 bits per heavy atom. The third-order valence-electron chi connectivity index (χ3n) is 4.37. The van der Waals surface area contributed by atoms with Crippen molar-refractivity contribution in [3.63, 3.8) is 0 Å². The summed E-state index contributed by atoms with van der Waals surface area (Å²) >= 11 is 1.89. The minimum Gasteiger partial charge on any atom is -0.337 e. The lowest BCUT2D eigenvalue weighted by atomic mass is 10.1. The summed E-state index contributed by atoms with van der Waals surface area (Å²) in [6.07, 6.45) is 3.22. The van der Waals surface area contributed by atoms with Crippen LogP contribution in [0.15, 0.2) is 65.6 Å². The Bertz CT molecular complexity index is 656. The van der Waals surface area contributed by atoms with Gasteiger partial charge in [-0.05, 0) is 37.0 Å². The number of hydrogen-bond acceptors (Lipinski definition) is 2. The molecule has 2 amide bonds. The summed E-state index contributed by atoms with van der Waals surface area (Å²) in [6.45, 7) is 1.47. The van der Waals surface area contributed by atoms with Gasteiger partial charge in [-0.2, -0.15) is 0 Å². The lowest BCUT2D eigenvalue weighted by molar-refractivity contribution is 0.209. The Morgan fingerprint density at radius 2 is 1.71 bits per heavy atom. The number of hydrogen-bond donors (Lipinski definition) is 1. The summed E-state index contributed by atoms with van der Waals surface area (Å²) < 4.78 is 0.192. The number of rotatable bonds is 7. The van der Waals surface area contributed by atoms with Crippen molar-refractivity contribution in [2.75, 3.05) is 20.1 Å². The van der Waals surface area contributed by atoms with Gasteiger partial charge in [-0.25, -0.2) is 4.79 Å². The number of urea groups is 1. The summed E-state index contributed by atoms with van der Waals surface area (Å²) in [4.78, 5) is 15.4. The molecule has 1 N–H and O–H groups in total. The molecule has 4 heteroatoms. The maximum atomic E-state index is 12.3. The molecule has 1 aliphatic rings. The van der Waals surface area contributed by atoms with Crippen molar-refractivity contribution in [1.82, 2.24) is 10.2 Å². The van der Waals surface area contributed by atoms with Crippen LogP contribution in [0.5, 0.6) is 0 Å². The van der Waals surface area contributed by atoms with E-state index in [0.29, 0.717) is 0 Å². The van der Waals surface area contributed by atoms with Crippen LogP contribution in [0.25, 0.3) is 0 Å². The fourth-order valence-corrected chi connectivity index (χ4v) is 3.85. The molecule has 0 bridgehead atoms. The van der Waals surface area contributed by atoms with Gasteiger partial charge in [0.2, 0.25) is 0 Å². The second kappa shape index (κ2) is 7.75. The Kier molecular flexibility index (Phi) is 5.46. The van der Waals surface area contributed by atoms with Crippen LogP contribution in [0, 0.1) is 0 Å². The maximum Gasteiger partial charge on any atom is 0.317 e. The number of amides is 2. The van der Waals surface area contributed by atoms with Gasteiger partial charge in [0.25, 0.3) is 0 Å². The zero-order chi connectivity index (χ0) is 16.8. The highest BCUT2D eigenvalue weighted by Crippen LogP contribution is 2.51. The summed E-state index contributed by atoms with van der Waals surface area (Å²) in [6, 6.07) is 20.7. The first-order chi connectivity index (χ1) is 11.7. The first-order valence-corrected chi connectivity index (χ1v) is 9.26. The predicted molar refractivity (Wildman–Crippen MR) is 100 cm³/mol. The molecule has 1 fully saturated rings. The lowest BCUT2D eigenvalue weighted by Crippen LogP contribution is -2.41. The fourth-order valence-electron chi connectivity index (χ4n) is 2.61. The van der Waals surface area contributed by atoms with Gasteiger partial charge in [-0.3, -0.25) is 0 Å². The van der Waals surface area contributed by atoms with Gasteiger partial charge in [0.15, 0.2) is 0 Å². The van der Waals surface area contributed by atoms with Gasteiger partial charge in [0, 0.05) is 29.8 Å². The van der Waals surface area contributed by atoms with Crippen molar-refractivity contribution >= 4 is 17.8 Å². The molecule has 1 saturated carbocycles. The molecule has 0 spiro atoms. The minimum atomic E-state index is 0.0193. The number of carbonyl (C=O) groups is 1. The van der Waals surface area contributed by atoms with Crippen LogP contribution in [0.1, 0.15) is 18.4 Å². The monoisotopic (exact) mass is 340 g/mol. The van der Waals surface area contributed by atoms with Gasteiger partial charge in [-0.1, -0.05) is 48.5 Å². The van der Waals surface area contributed by atoms with Crippen LogP contribution in [-0.2, 0) is 6.42 Å². The quantitative estimate of drug-likeness (QED) is 0.819. The second-order valence-electron chi connectivity index (χ2n) is 6.41. The number of thioether (sulfide) groups is 1. The normalized spacial score (nSPS) is 14.9. The summed E-state index contributed by atoms with van der Waals surface area (Å²) in [5.74, 6) is 0. The van der Waals surface area contributed by atoms with Gasteiger partial charge >= 0.3 is 6.03 Å². The molecule has 0 radical (unpaired) electrons. The van der Waals surface area contributed by atoms with Crippen molar-refractivity contribution < 1.29 is 4.79 Å². The molecule has 24 heavy (non-hydrogen) atoms. The van der Waals surface area contributed by atoms with E-state index in [1.807, 2.05) is 43.1 Å². The zero-order valence-corrected chi connectivity index (χ0v) is 14.9. The molecular formula is C20H24N2OS. The molecule has 2 aromatic carbocycles. The number of carbonyl (C=O) groups excluding carboxylic acids is 1. The van der Waals surface area contributed by atoms with Gasteiger partial charge in [-0.15, -0.1) is 11.8 Å². The van der Waals surface area contributed by atoms with Crippen molar-refractivity contribution in [3.8, 4) is 0 Å². The topological polar surface area (TPSA) is 32.3 Å². The van der Waals surface area contributed by atoms with Crippen LogP contribution in [0.3, 0.4) is 0 Å². The highest BCUT2D eigenvalue weighted by atomic mass is 32.2. The Hall–Kier alpha value is -1.94. The third kappa shape index (κ3) is 4.78. The molecule has 0 aromatic heterocycles. The van der Waals surface area contributed by atoms with Crippen LogP contribution in [0.2, 0.25) is 0 Å². The molecule has 0 atom stereocenters. The van der Waals surface area contributed by atoms with Gasteiger partial charge in [0.1, 0.15) is 0 Å². The maximum absolute atomic E-state index is 12.3. The highest BCUT2D eigenvalue weighted by Gasteiger charge is 2.44. The van der Waals surface area contributed by atoms with E-state index < -0.39 is 0 Å². The second-order valence-corrected chi connectivity index (χ2v) is 7.96. The Morgan fingerprint density at radius 1 is 1.08 bits per heavy atom. The predicted octanol–water partition coefficient (Wildman–Crippen LogP) is 4.20. The molecule has 3 rings (SSSR count). The molecule has 3 nitrogen and oxygen atoms in total. The van der Waals surface area contributed by atoms with Gasteiger partial charge < -0.3 is 10.2 Å². The lowest BCUT2D eigenvalue weighted by Gasteiger charge is -2.21. The van der Waals surface area contributed by atoms with Crippen LogP contribution >= 0.6 is 11.8 Å². The average molecular weight is 340 g/mol. The first-order valence-electron chi connectivity index (χ1n) is 8.44. The van der Waals surface area contributed by atoms with E-state index in [1.54, 1.807) is 4.90 Å². The van der Waals surface area contributed by atoms with Crippen LogP contribution < -0.4 is 5.32 Å². The van der Waals surface area contributed by atoms with E-state index in [9.17, 15) is 4.79 Å².